The van der Waals surface area contributed by atoms with Crippen LogP contribution in [0.2, 0.25) is 0 Å². The van der Waals surface area contributed by atoms with Crippen LogP contribution in [0.25, 0.3) is 98.9 Å². The van der Waals surface area contributed by atoms with Crippen molar-refractivity contribution >= 4 is 54.1 Å². The molecule has 0 aliphatic heterocycles. The summed E-state index contributed by atoms with van der Waals surface area (Å²) in [6.45, 7) is 4.35. The maximum Gasteiger partial charge on any atom is 0.0788 e. The minimum absolute atomic E-state index is 0.963. The predicted molar refractivity (Wildman–Crippen MR) is 221 cm³/mol. The van der Waals surface area contributed by atoms with E-state index in [-0.39, 0.29) is 0 Å². The van der Waals surface area contributed by atoms with E-state index in [1.54, 1.807) is 0 Å². The summed E-state index contributed by atoms with van der Waals surface area (Å²) in [5, 5.41) is 9.31. The van der Waals surface area contributed by atoms with Gasteiger partial charge in [-0.25, -0.2) is 9.97 Å². The Balaban J connectivity index is 1.12. The minimum atomic E-state index is 0.963. The van der Waals surface area contributed by atoms with E-state index in [0.29, 0.717) is 0 Å². The molecule has 0 radical (unpaired) electrons. The molecule has 8 aromatic carbocycles. The quantitative estimate of drug-likeness (QED) is 0.175. The summed E-state index contributed by atoms with van der Waals surface area (Å²) in [5.74, 6) is 0. The number of fused-ring (bicyclic) bond motifs is 7. The van der Waals surface area contributed by atoms with Gasteiger partial charge in [0.05, 0.1) is 22.4 Å². The smallest absolute Gasteiger partial charge is 0.0788 e. The lowest BCUT2D eigenvalue weighted by Crippen LogP contribution is -1.92. The molecule has 2 nitrogen and oxygen atoms in total. The first-order valence-electron chi connectivity index (χ1n) is 17.9. The molecule has 0 unspecified atom stereocenters. The van der Waals surface area contributed by atoms with Crippen LogP contribution in [0.3, 0.4) is 0 Å². The van der Waals surface area contributed by atoms with Crippen LogP contribution in [0.5, 0.6) is 0 Å². The van der Waals surface area contributed by atoms with Crippen LogP contribution in [-0.2, 0) is 0 Å². The van der Waals surface area contributed by atoms with Crippen molar-refractivity contribution in [2.24, 2.45) is 0 Å². The monoisotopic (exact) mass is 662 g/mol. The zero-order valence-electron chi connectivity index (χ0n) is 29.1. The molecule has 52 heavy (non-hydrogen) atoms. The molecule has 0 atom stereocenters. The van der Waals surface area contributed by atoms with E-state index in [1.165, 1.54) is 54.9 Å². The standard InChI is InChI=1S/C50H34N2/c1-31-9-3-5-11-39(31)37-21-17-33-15-19-35-23-27-47(51-49(35)45(33)29-37)43-25-26-44(42-14-8-7-13-41(42)43)48-28-24-36-20-16-34-18-22-38(30-46(34)50(36)52-48)40-12-6-4-10-32(40)2/h3-30H,1-2H3. The SMILES string of the molecule is Cc1ccccc1-c1ccc2ccc3ccc(-c4ccc(-c5ccc6ccc7ccc(-c8ccccc8C)cc7c6n5)c5ccccc45)nc3c2c1. The summed E-state index contributed by atoms with van der Waals surface area (Å²) in [6, 6.07) is 61.3. The lowest BCUT2D eigenvalue weighted by Gasteiger charge is -2.14. The number of aromatic nitrogens is 2. The molecule has 0 aliphatic rings. The van der Waals surface area contributed by atoms with Crippen molar-refractivity contribution in [3.8, 4) is 44.8 Å². The zero-order valence-corrected chi connectivity index (χ0v) is 29.1. The molecule has 0 fully saturated rings. The van der Waals surface area contributed by atoms with Gasteiger partial charge in [-0.1, -0.05) is 146 Å². The third kappa shape index (κ3) is 4.95. The first-order valence-corrected chi connectivity index (χ1v) is 17.9. The molecular formula is C50H34N2. The van der Waals surface area contributed by atoms with Crippen molar-refractivity contribution < 1.29 is 0 Å². The molecule has 0 aliphatic carbocycles. The Labute approximate surface area is 302 Å². The second-order valence-electron chi connectivity index (χ2n) is 13.9. The topological polar surface area (TPSA) is 25.8 Å². The number of rotatable bonds is 4. The van der Waals surface area contributed by atoms with Crippen LogP contribution in [0.15, 0.2) is 170 Å². The molecule has 10 aromatic rings. The highest BCUT2D eigenvalue weighted by Crippen LogP contribution is 2.38. The second-order valence-corrected chi connectivity index (χ2v) is 13.9. The van der Waals surface area contributed by atoms with E-state index in [4.69, 9.17) is 9.97 Å². The van der Waals surface area contributed by atoms with Crippen LogP contribution < -0.4 is 0 Å². The summed E-state index contributed by atoms with van der Waals surface area (Å²) in [5.41, 5.74) is 13.7. The minimum Gasteiger partial charge on any atom is -0.247 e. The summed E-state index contributed by atoms with van der Waals surface area (Å²) < 4.78 is 0. The highest BCUT2D eigenvalue weighted by atomic mass is 14.7. The highest BCUT2D eigenvalue weighted by Gasteiger charge is 2.15. The summed E-state index contributed by atoms with van der Waals surface area (Å²) >= 11 is 0. The van der Waals surface area contributed by atoms with Gasteiger partial charge in [-0.15, -0.1) is 0 Å². The average Bonchev–Trinajstić information content (AvgIpc) is 3.20. The van der Waals surface area contributed by atoms with E-state index in [2.05, 4.69) is 184 Å². The summed E-state index contributed by atoms with van der Waals surface area (Å²) in [4.78, 5) is 10.8. The van der Waals surface area contributed by atoms with Crippen LogP contribution in [0, 0.1) is 13.8 Å². The fourth-order valence-corrected chi connectivity index (χ4v) is 7.99. The van der Waals surface area contributed by atoms with Gasteiger partial charge in [-0.2, -0.15) is 0 Å². The van der Waals surface area contributed by atoms with Crippen molar-refractivity contribution in [2.75, 3.05) is 0 Å². The van der Waals surface area contributed by atoms with Gasteiger partial charge in [0.2, 0.25) is 0 Å². The van der Waals surface area contributed by atoms with E-state index in [9.17, 15) is 0 Å². The predicted octanol–water partition coefficient (Wildman–Crippen LogP) is 13.5. The third-order valence-electron chi connectivity index (χ3n) is 10.7. The lowest BCUT2D eigenvalue weighted by atomic mass is 9.94. The second kappa shape index (κ2) is 12.0. The van der Waals surface area contributed by atoms with Gasteiger partial charge in [0.25, 0.3) is 0 Å². The molecule has 2 aromatic heterocycles. The van der Waals surface area contributed by atoms with Crippen molar-refractivity contribution in [1.82, 2.24) is 9.97 Å². The molecule has 244 valence electrons. The summed E-state index contributed by atoms with van der Waals surface area (Å²) in [6.07, 6.45) is 0. The maximum atomic E-state index is 5.38. The Morgan fingerprint density at radius 1 is 0.308 bits per heavy atom. The van der Waals surface area contributed by atoms with Gasteiger partial charge in [0, 0.05) is 32.7 Å². The molecule has 0 saturated heterocycles. The molecule has 0 spiro atoms. The first kappa shape index (κ1) is 30.2. The average molecular weight is 663 g/mol. The van der Waals surface area contributed by atoms with Crippen molar-refractivity contribution in [3.63, 3.8) is 0 Å². The van der Waals surface area contributed by atoms with Gasteiger partial charge >= 0.3 is 0 Å². The van der Waals surface area contributed by atoms with Crippen molar-refractivity contribution in [2.45, 2.75) is 13.8 Å². The highest BCUT2D eigenvalue weighted by molar-refractivity contribution is 6.11. The zero-order chi connectivity index (χ0) is 34.8. The van der Waals surface area contributed by atoms with Gasteiger partial charge in [-0.3, -0.25) is 0 Å². The lowest BCUT2D eigenvalue weighted by molar-refractivity contribution is 1.40. The maximum absolute atomic E-state index is 5.38. The largest absolute Gasteiger partial charge is 0.247 e. The normalized spacial score (nSPS) is 11.7. The van der Waals surface area contributed by atoms with E-state index >= 15 is 0 Å². The molecule has 0 amide bonds. The molecule has 0 saturated carbocycles. The first-order chi connectivity index (χ1) is 25.6. The number of nitrogens with zero attached hydrogens (tertiary/aromatic N) is 2. The molecule has 2 heteroatoms. The number of benzene rings is 8. The molecule has 0 bridgehead atoms. The molecule has 0 N–H and O–H groups in total. The van der Waals surface area contributed by atoms with Crippen molar-refractivity contribution in [3.05, 3.63) is 181 Å². The Bertz CT molecular complexity index is 2840. The Hall–Kier alpha value is -6.64. The van der Waals surface area contributed by atoms with E-state index < -0.39 is 0 Å². The number of hydrogen-bond donors (Lipinski definition) is 0. The van der Waals surface area contributed by atoms with Crippen LogP contribution in [-0.4, -0.2) is 9.97 Å². The van der Waals surface area contributed by atoms with Gasteiger partial charge < -0.3 is 0 Å². The number of pyridine rings is 2. The third-order valence-corrected chi connectivity index (χ3v) is 10.7. The van der Waals surface area contributed by atoms with Crippen molar-refractivity contribution in [1.29, 1.82) is 0 Å². The Morgan fingerprint density at radius 3 is 1.15 bits per heavy atom. The van der Waals surface area contributed by atoms with E-state index in [1.807, 2.05) is 0 Å². The Morgan fingerprint density at radius 2 is 0.692 bits per heavy atom. The van der Waals surface area contributed by atoms with Gasteiger partial charge in [-0.05, 0) is 93.0 Å². The van der Waals surface area contributed by atoms with Gasteiger partial charge in [0.1, 0.15) is 0 Å². The van der Waals surface area contributed by atoms with Crippen LogP contribution in [0.4, 0.5) is 0 Å². The number of aryl methyl sites for hydroxylation is 2. The van der Waals surface area contributed by atoms with Gasteiger partial charge in [0.15, 0.2) is 0 Å². The molecule has 2 heterocycles. The van der Waals surface area contributed by atoms with Crippen LogP contribution in [0.1, 0.15) is 11.1 Å². The fraction of sp³-hybridized carbons (Fsp3) is 0.0400. The Kier molecular flexibility index (Phi) is 6.97. The number of hydrogen-bond acceptors (Lipinski definition) is 2. The molecular weight excluding hydrogens is 629 g/mol. The molecule has 10 rings (SSSR count). The van der Waals surface area contributed by atoms with Crippen LogP contribution >= 0.6 is 0 Å². The van der Waals surface area contributed by atoms with E-state index in [0.717, 1.165) is 55.1 Å². The fourth-order valence-electron chi connectivity index (χ4n) is 7.99. The summed E-state index contributed by atoms with van der Waals surface area (Å²) in [7, 11) is 0.